The molecule has 2 aromatic rings. The van der Waals surface area contributed by atoms with Crippen molar-refractivity contribution in [2.45, 2.75) is 19.8 Å². The minimum Gasteiger partial charge on any atom is -0.330 e. The highest BCUT2D eigenvalue weighted by Gasteiger charge is 2.10. The van der Waals surface area contributed by atoms with Gasteiger partial charge in [-0.3, -0.25) is 4.79 Å². The highest BCUT2D eigenvalue weighted by atomic mass is 16.2. The van der Waals surface area contributed by atoms with E-state index in [1.54, 1.807) is 18.2 Å². The zero-order chi connectivity index (χ0) is 17.4. The number of nitrogens with two attached hydrogens (primary N) is 1. The van der Waals surface area contributed by atoms with Gasteiger partial charge in [-0.15, -0.1) is 0 Å². The third-order valence-electron chi connectivity index (χ3n) is 3.34. The Hall–Kier alpha value is -2.86. The largest absolute Gasteiger partial charge is 0.330 e. The van der Waals surface area contributed by atoms with Crippen molar-refractivity contribution in [1.29, 1.82) is 0 Å². The summed E-state index contributed by atoms with van der Waals surface area (Å²) in [7, 11) is 0. The van der Waals surface area contributed by atoms with Gasteiger partial charge in [-0.05, 0) is 49.7 Å². The van der Waals surface area contributed by atoms with Crippen LogP contribution in [0.5, 0.6) is 0 Å². The average Bonchev–Trinajstić information content (AvgIpc) is 2.56. The zero-order valence-corrected chi connectivity index (χ0v) is 13.6. The Balaban J connectivity index is 2.06. The lowest BCUT2D eigenvalue weighted by Gasteiger charge is -2.14. The predicted molar refractivity (Wildman–Crippen MR) is 97.2 cm³/mol. The molecule has 0 aliphatic heterocycles. The molecule has 6 nitrogen and oxygen atoms in total. The minimum absolute atomic E-state index is 0.127. The lowest BCUT2D eigenvalue weighted by atomic mass is 10.2. The van der Waals surface area contributed by atoms with Gasteiger partial charge in [-0.1, -0.05) is 24.3 Å². The van der Waals surface area contributed by atoms with Gasteiger partial charge in [0.05, 0.1) is 11.4 Å². The van der Waals surface area contributed by atoms with Crippen molar-refractivity contribution in [2.24, 2.45) is 5.73 Å². The van der Waals surface area contributed by atoms with E-state index in [2.05, 4.69) is 16.0 Å². The van der Waals surface area contributed by atoms with Gasteiger partial charge in [0, 0.05) is 12.1 Å². The lowest BCUT2D eigenvalue weighted by Crippen LogP contribution is -2.21. The number of carbonyl (C=O) groups is 2. The van der Waals surface area contributed by atoms with Gasteiger partial charge < -0.3 is 21.7 Å². The van der Waals surface area contributed by atoms with Crippen LogP contribution in [0, 0.1) is 6.92 Å². The molecule has 0 fully saturated rings. The lowest BCUT2D eigenvalue weighted by molar-refractivity contribution is -0.116. The number of hydrogen-bond acceptors (Lipinski definition) is 3. The second-order valence-electron chi connectivity index (χ2n) is 5.43. The van der Waals surface area contributed by atoms with Crippen LogP contribution in [0.1, 0.15) is 18.4 Å². The summed E-state index contributed by atoms with van der Waals surface area (Å²) in [6, 6.07) is 14.2. The summed E-state index contributed by atoms with van der Waals surface area (Å²) in [5, 5.41) is 8.32. The molecule has 0 saturated heterocycles. The monoisotopic (exact) mass is 326 g/mol. The van der Waals surface area contributed by atoms with Gasteiger partial charge in [0.2, 0.25) is 5.91 Å². The summed E-state index contributed by atoms with van der Waals surface area (Å²) in [4.78, 5) is 24.0. The Kier molecular flexibility index (Phi) is 6.33. The topological polar surface area (TPSA) is 96.2 Å². The molecule has 0 bridgehead atoms. The molecule has 0 unspecified atom stereocenters. The first-order valence-corrected chi connectivity index (χ1v) is 7.82. The first-order chi connectivity index (χ1) is 11.6. The number of aryl methyl sites for hydroxylation is 1. The van der Waals surface area contributed by atoms with Crippen molar-refractivity contribution in [3.05, 3.63) is 54.1 Å². The van der Waals surface area contributed by atoms with Gasteiger partial charge in [0.1, 0.15) is 0 Å². The first-order valence-electron chi connectivity index (χ1n) is 7.82. The van der Waals surface area contributed by atoms with E-state index < -0.39 is 0 Å². The van der Waals surface area contributed by atoms with Crippen molar-refractivity contribution in [2.75, 3.05) is 22.5 Å². The van der Waals surface area contributed by atoms with Crippen LogP contribution in [0.15, 0.2) is 48.5 Å². The molecule has 3 amide bonds. The number of amides is 3. The van der Waals surface area contributed by atoms with E-state index in [4.69, 9.17) is 5.73 Å². The quantitative estimate of drug-likeness (QED) is 0.655. The van der Waals surface area contributed by atoms with Crippen LogP contribution < -0.4 is 21.7 Å². The number of benzene rings is 2. The Morgan fingerprint density at radius 1 is 0.958 bits per heavy atom. The maximum absolute atomic E-state index is 12.1. The summed E-state index contributed by atoms with van der Waals surface area (Å²) in [6.45, 7) is 2.38. The second-order valence-corrected chi connectivity index (χ2v) is 5.43. The van der Waals surface area contributed by atoms with E-state index in [0.717, 1.165) is 5.56 Å². The maximum atomic E-state index is 12.1. The van der Waals surface area contributed by atoms with Crippen LogP contribution in [0.2, 0.25) is 0 Å². The zero-order valence-electron chi connectivity index (χ0n) is 13.6. The van der Waals surface area contributed by atoms with Crippen molar-refractivity contribution in [3.63, 3.8) is 0 Å². The third kappa shape index (κ3) is 5.40. The molecule has 2 aromatic carbocycles. The van der Waals surface area contributed by atoms with Crippen LogP contribution in [-0.4, -0.2) is 18.5 Å². The van der Waals surface area contributed by atoms with Crippen LogP contribution in [-0.2, 0) is 4.79 Å². The molecule has 0 saturated carbocycles. The fourth-order valence-corrected chi connectivity index (χ4v) is 2.15. The van der Waals surface area contributed by atoms with Gasteiger partial charge >= 0.3 is 6.03 Å². The summed E-state index contributed by atoms with van der Waals surface area (Å²) in [5.74, 6) is -0.127. The van der Waals surface area contributed by atoms with Gasteiger partial charge in [-0.2, -0.15) is 0 Å². The highest BCUT2D eigenvalue weighted by Crippen LogP contribution is 2.23. The average molecular weight is 326 g/mol. The van der Waals surface area contributed by atoms with Crippen molar-refractivity contribution < 1.29 is 9.59 Å². The van der Waals surface area contributed by atoms with Gasteiger partial charge in [0.15, 0.2) is 0 Å². The standard InChI is InChI=1S/C18H22N4O2/c1-13-9-10-15(16(12-13)21-17(23)8-5-11-19)22-18(24)20-14-6-3-2-4-7-14/h2-4,6-7,9-10,12H,5,8,11,19H2,1H3,(H,21,23)(H2,20,22,24). The molecule has 5 N–H and O–H groups in total. The van der Waals surface area contributed by atoms with E-state index in [-0.39, 0.29) is 11.9 Å². The number of rotatable bonds is 6. The van der Waals surface area contributed by atoms with Crippen LogP contribution in [0.3, 0.4) is 0 Å². The number of carbonyl (C=O) groups excluding carboxylic acids is 2. The molecule has 0 heterocycles. The molecule has 0 aliphatic carbocycles. The number of urea groups is 1. The Morgan fingerprint density at radius 3 is 2.42 bits per heavy atom. The first kappa shape index (κ1) is 17.5. The number of nitrogens with one attached hydrogen (secondary N) is 3. The Bertz CT molecular complexity index is 701. The van der Waals surface area contributed by atoms with E-state index in [9.17, 15) is 9.59 Å². The van der Waals surface area contributed by atoms with Gasteiger partial charge in [-0.25, -0.2) is 4.79 Å². The van der Waals surface area contributed by atoms with E-state index >= 15 is 0 Å². The molecule has 0 aliphatic rings. The molecular formula is C18H22N4O2. The molecule has 0 atom stereocenters. The molecule has 2 rings (SSSR count). The summed E-state index contributed by atoms with van der Waals surface area (Å²) < 4.78 is 0. The Labute approximate surface area is 141 Å². The smallest absolute Gasteiger partial charge is 0.323 e. The summed E-state index contributed by atoms with van der Waals surface area (Å²) in [6.07, 6.45) is 0.967. The highest BCUT2D eigenvalue weighted by molar-refractivity contribution is 6.04. The maximum Gasteiger partial charge on any atom is 0.323 e. The third-order valence-corrected chi connectivity index (χ3v) is 3.34. The predicted octanol–water partition coefficient (Wildman–Crippen LogP) is 3.32. The normalized spacial score (nSPS) is 10.1. The molecular weight excluding hydrogens is 304 g/mol. The molecule has 126 valence electrons. The fourth-order valence-electron chi connectivity index (χ4n) is 2.15. The van der Waals surface area contributed by atoms with E-state index in [0.29, 0.717) is 36.4 Å². The summed E-state index contributed by atoms with van der Waals surface area (Å²) in [5.41, 5.74) is 8.20. The van der Waals surface area contributed by atoms with E-state index in [1.165, 1.54) is 0 Å². The SMILES string of the molecule is Cc1ccc(NC(=O)Nc2ccccc2)c(NC(=O)CCCN)c1. The minimum atomic E-state index is -0.373. The van der Waals surface area contributed by atoms with E-state index in [1.807, 2.05) is 37.3 Å². The second kappa shape index (κ2) is 8.69. The number of hydrogen-bond donors (Lipinski definition) is 4. The van der Waals surface area contributed by atoms with Crippen LogP contribution in [0.4, 0.5) is 21.9 Å². The molecule has 0 radical (unpaired) electrons. The molecule has 24 heavy (non-hydrogen) atoms. The summed E-state index contributed by atoms with van der Waals surface area (Å²) >= 11 is 0. The van der Waals surface area contributed by atoms with Crippen molar-refractivity contribution in [1.82, 2.24) is 0 Å². The van der Waals surface area contributed by atoms with Gasteiger partial charge in [0.25, 0.3) is 0 Å². The van der Waals surface area contributed by atoms with Crippen molar-refractivity contribution in [3.8, 4) is 0 Å². The Morgan fingerprint density at radius 2 is 1.71 bits per heavy atom. The molecule has 0 spiro atoms. The van der Waals surface area contributed by atoms with Crippen molar-refractivity contribution >= 4 is 29.0 Å². The number of para-hydroxylation sites is 1. The fraction of sp³-hybridized carbons (Fsp3) is 0.222. The van der Waals surface area contributed by atoms with Crippen LogP contribution in [0.25, 0.3) is 0 Å². The molecule has 6 heteroatoms. The number of anilines is 3. The molecule has 0 aromatic heterocycles. The van der Waals surface area contributed by atoms with Crippen LogP contribution >= 0.6 is 0 Å².